The predicted molar refractivity (Wildman–Crippen MR) is 81.9 cm³/mol. The Balaban J connectivity index is 1.86. The smallest absolute Gasteiger partial charge is 0.257 e. The number of rotatable bonds is 5. The third-order valence-electron chi connectivity index (χ3n) is 2.87. The van der Waals surface area contributed by atoms with Crippen molar-refractivity contribution in [1.29, 1.82) is 0 Å². The fourth-order valence-corrected chi connectivity index (χ4v) is 1.89. The topological polar surface area (TPSA) is 70.2 Å². The van der Waals surface area contributed by atoms with Crippen molar-refractivity contribution in [2.45, 2.75) is 0 Å². The highest BCUT2D eigenvalue weighted by molar-refractivity contribution is 6.30. The minimum absolute atomic E-state index is 0.259. The minimum Gasteiger partial charge on any atom is -0.343 e. The molecule has 2 aromatic rings. The summed E-state index contributed by atoms with van der Waals surface area (Å²) in [6.07, 6.45) is 0. The molecule has 126 valence electrons. The summed E-state index contributed by atoms with van der Waals surface area (Å²) in [5.74, 6) is -5.75. The quantitative estimate of drug-likeness (QED) is 0.569. The number of hydrogen-bond acceptors (Lipinski definition) is 3. The van der Waals surface area contributed by atoms with Crippen molar-refractivity contribution in [1.82, 2.24) is 10.7 Å². The maximum atomic E-state index is 13.4. The van der Waals surface area contributed by atoms with Crippen LogP contribution < -0.4 is 16.2 Å². The van der Waals surface area contributed by atoms with Crippen LogP contribution in [0.15, 0.2) is 36.4 Å². The van der Waals surface area contributed by atoms with Crippen LogP contribution in [0.4, 0.5) is 18.9 Å². The van der Waals surface area contributed by atoms with Gasteiger partial charge in [0.05, 0.1) is 12.2 Å². The van der Waals surface area contributed by atoms with E-state index in [1.807, 2.05) is 5.43 Å². The lowest BCUT2D eigenvalue weighted by Gasteiger charge is -2.10. The highest BCUT2D eigenvalue weighted by atomic mass is 35.5. The molecule has 2 amide bonds. The van der Waals surface area contributed by atoms with Gasteiger partial charge in [-0.2, -0.15) is 0 Å². The number of anilines is 1. The number of amides is 2. The summed E-state index contributed by atoms with van der Waals surface area (Å²) in [6, 6.07) is 7.71. The lowest BCUT2D eigenvalue weighted by molar-refractivity contribution is -0.119. The second kappa shape index (κ2) is 7.69. The van der Waals surface area contributed by atoms with Gasteiger partial charge in [-0.05, 0) is 30.3 Å². The lowest BCUT2D eigenvalue weighted by atomic mass is 10.2. The van der Waals surface area contributed by atoms with Gasteiger partial charge < -0.3 is 5.32 Å². The lowest BCUT2D eigenvalue weighted by Crippen LogP contribution is -2.39. The first-order valence-electron chi connectivity index (χ1n) is 6.60. The van der Waals surface area contributed by atoms with Crippen LogP contribution >= 0.6 is 11.6 Å². The zero-order valence-electron chi connectivity index (χ0n) is 12.0. The van der Waals surface area contributed by atoms with Gasteiger partial charge in [0, 0.05) is 10.6 Å². The van der Waals surface area contributed by atoms with Crippen LogP contribution in [0.25, 0.3) is 0 Å². The van der Waals surface area contributed by atoms with E-state index in [1.165, 1.54) is 12.1 Å². The molecule has 0 aliphatic carbocycles. The number of hydrogen-bond donors (Lipinski definition) is 3. The molecule has 0 aliphatic heterocycles. The third-order valence-corrected chi connectivity index (χ3v) is 3.10. The third kappa shape index (κ3) is 4.39. The van der Waals surface area contributed by atoms with Gasteiger partial charge in [0.15, 0.2) is 17.5 Å². The van der Waals surface area contributed by atoms with Crippen LogP contribution in [0.2, 0.25) is 5.02 Å². The summed E-state index contributed by atoms with van der Waals surface area (Å²) in [6.45, 7) is -0.427. The summed E-state index contributed by atoms with van der Waals surface area (Å²) in [5.41, 5.74) is 3.95. The molecule has 0 bridgehead atoms. The molecule has 2 rings (SSSR count). The minimum atomic E-state index is -1.66. The van der Waals surface area contributed by atoms with E-state index in [4.69, 9.17) is 11.6 Å². The zero-order chi connectivity index (χ0) is 17.7. The van der Waals surface area contributed by atoms with Crippen LogP contribution in [0.5, 0.6) is 0 Å². The van der Waals surface area contributed by atoms with Crippen molar-refractivity contribution in [2.24, 2.45) is 0 Å². The summed E-state index contributed by atoms with van der Waals surface area (Å²) in [5, 5.41) is 2.68. The molecular formula is C15H11ClF3N3O2. The maximum Gasteiger partial charge on any atom is 0.257 e. The highest BCUT2D eigenvalue weighted by Gasteiger charge is 2.14. The molecule has 0 aliphatic rings. The Bertz CT molecular complexity index is 787. The van der Waals surface area contributed by atoms with Crippen LogP contribution in [0, 0.1) is 17.5 Å². The van der Waals surface area contributed by atoms with E-state index in [0.29, 0.717) is 11.1 Å². The molecule has 0 saturated heterocycles. The number of nitrogens with one attached hydrogen (secondary N) is 3. The fourth-order valence-electron chi connectivity index (χ4n) is 1.70. The van der Waals surface area contributed by atoms with E-state index in [1.54, 1.807) is 12.1 Å². The monoisotopic (exact) mass is 357 g/mol. The Morgan fingerprint density at radius 3 is 2.50 bits per heavy atom. The molecular weight excluding hydrogens is 347 g/mol. The molecule has 0 radical (unpaired) electrons. The van der Waals surface area contributed by atoms with Gasteiger partial charge in [0.2, 0.25) is 0 Å². The SMILES string of the molecule is O=C(CNC(=O)c1cccc(Cl)c1)NNc1ccc(F)c(F)c1F. The average molecular weight is 358 g/mol. The number of carbonyl (C=O) groups excluding carboxylic acids is 2. The summed E-state index contributed by atoms with van der Waals surface area (Å²) in [4.78, 5) is 23.4. The van der Waals surface area contributed by atoms with Crippen LogP contribution in [0.3, 0.4) is 0 Å². The highest BCUT2D eigenvalue weighted by Crippen LogP contribution is 2.18. The number of benzene rings is 2. The normalized spacial score (nSPS) is 10.2. The average Bonchev–Trinajstić information content (AvgIpc) is 2.57. The van der Waals surface area contributed by atoms with Crippen LogP contribution in [0.1, 0.15) is 10.4 Å². The zero-order valence-corrected chi connectivity index (χ0v) is 12.8. The van der Waals surface area contributed by atoms with Gasteiger partial charge >= 0.3 is 0 Å². The molecule has 0 spiro atoms. The van der Waals surface area contributed by atoms with E-state index in [9.17, 15) is 22.8 Å². The molecule has 5 nitrogen and oxygen atoms in total. The van der Waals surface area contributed by atoms with E-state index in [2.05, 4.69) is 10.7 Å². The molecule has 3 N–H and O–H groups in total. The molecule has 9 heteroatoms. The first-order valence-corrected chi connectivity index (χ1v) is 6.98. The Morgan fingerprint density at radius 1 is 1.04 bits per heavy atom. The maximum absolute atomic E-state index is 13.4. The molecule has 0 unspecified atom stereocenters. The number of halogens is 4. The molecule has 0 heterocycles. The summed E-state index contributed by atoms with van der Waals surface area (Å²) in [7, 11) is 0. The Morgan fingerprint density at radius 2 is 1.79 bits per heavy atom. The summed E-state index contributed by atoms with van der Waals surface area (Å²) >= 11 is 5.75. The fraction of sp³-hybridized carbons (Fsp3) is 0.0667. The Kier molecular flexibility index (Phi) is 5.64. The van der Waals surface area contributed by atoms with E-state index >= 15 is 0 Å². The van der Waals surface area contributed by atoms with Gasteiger partial charge in [0.1, 0.15) is 0 Å². The van der Waals surface area contributed by atoms with Gasteiger partial charge in [-0.3, -0.25) is 20.4 Å². The Labute approximate surface area is 139 Å². The standard InChI is InChI=1S/C15H11ClF3N3O2/c16-9-3-1-2-8(6-9)15(24)20-7-12(23)22-21-11-5-4-10(17)13(18)14(11)19/h1-6,21H,7H2,(H,20,24)(H,22,23). The van der Waals surface area contributed by atoms with Crippen LogP contribution in [-0.4, -0.2) is 18.4 Å². The molecule has 2 aromatic carbocycles. The predicted octanol–water partition coefficient (Wildman–Crippen LogP) is 2.63. The first-order chi connectivity index (χ1) is 11.4. The second-order valence-corrected chi connectivity index (χ2v) is 5.03. The van der Waals surface area contributed by atoms with E-state index in [0.717, 1.165) is 6.07 Å². The second-order valence-electron chi connectivity index (χ2n) is 4.59. The van der Waals surface area contributed by atoms with Crippen molar-refractivity contribution < 1.29 is 22.8 Å². The summed E-state index contributed by atoms with van der Waals surface area (Å²) < 4.78 is 39.2. The van der Waals surface area contributed by atoms with Gasteiger partial charge in [-0.15, -0.1) is 0 Å². The molecule has 0 aromatic heterocycles. The number of carbonyl (C=O) groups is 2. The van der Waals surface area contributed by atoms with Crippen molar-refractivity contribution in [3.8, 4) is 0 Å². The molecule has 0 fully saturated rings. The van der Waals surface area contributed by atoms with Crippen molar-refractivity contribution in [2.75, 3.05) is 12.0 Å². The molecule has 24 heavy (non-hydrogen) atoms. The number of hydrazine groups is 1. The first kappa shape index (κ1) is 17.6. The molecule has 0 atom stereocenters. The Hall–Kier alpha value is -2.74. The van der Waals surface area contributed by atoms with Gasteiger partial charge in [0.25, 0.3) is 11.8 Å². The van der Waals surface area contributed by atoms with Crippen molar-refractivity contribution in [3.05, 3.63) is 64.4 Å². The van der Waals surface area contributed by atoms with Crippen molar-refractivity contribution >= 4 is 29.1 Å². The molecule has 0 saturated carbocycles. The van der Waals surface area contributed by atoms with Gasteiger partial charge in [-0.25, -0.2) is 13.2 Å². The van der Waals surface area contributed by atoms with Gasteiger partial charge in [-0.1, -0.05) is 17.7 Å². The van der Waals surface area contributed by atoms with Crippen LogP contribution in [-0.2, 0) is 4.79 Å². The van der Waals surface area contributed by atoms with E-state index < -0.39 is 41.5 Å². The largest absolute Gasteiger partial charge is 0.343 e. The van der Waals surface area contributed by atoms with Crippen molar-refractivity contribution in [3.63, 3.8) is 0 Å². The van der Waals surface area contributed by atoms with E-state index in [-0.39, 0.29) is 5.56 Å².